The smallest absolute Gasteiger partial charge is 0.177 e. The number of nitrogens with zero attached hydrogens (tertiary/aromatic N) is 1. The molecule has 0 saturated carbocycles. The quantitative estimate of drug-likeness (QED) is 0.813. The molecule has 0 atom stereocenters. The Balaban J connectivity index is 2.75. The second-order valence-electron chi connectivity index (χ2n) is 2.42. The van der Waals surface area contributed by atoms with Crippen molar-refractivity contribution in [3.63, 3.8) is 0 Å². The second kappa shape index (κ2) is 2.79. The van der Waals surface area contributed by atoms with Crippen molar-refractivity contribution >= 4 is 32.7 Å². The number of rotatable bonds is 1. The highest BCUT2D eigenvalue weighted by molar-refractivity contribution is 9.10. The van der Waals surface area contributed by atoms with Crippen LogP contribution < -0.4 is 5.32 Å². The summed E-state index contributed by atoms with van der Waals surface area (Å²) < 4.78 is 6.08. The zero-order chi connectivity index (χ0) is 8.55. The van der Waals surface area contributed by atoms with Crippen molar-refractivity contribution in [2.24, 2.45) is 0 Å². The maximum atomic E-state index is 5.06. The van der Waals surface area contributed by atoms with Gasteiger partial charge in [0.25, 0.3) is 0 Å². The number of benzene rings is 1. The molecule has 1 aromatic heterocycles. The Hall–Kier alpha value is -1.03. The molecule has 0 bridgehead atoms. The Morgan fingerprint density at radius 3 is 3.08 bits per heavy atom. The average Bonchev–Trinajstić information content (AvgIpc) is 2.46. The van der Waals surface area contributed by atoms with Crippen LogP contribution >= 0.6 is 15.9 Å². The topological polar surface area (TPSA) is 38.1 Å². The third-order valence-electron chi connectivity index (χ3n) is 1.67. The molecule has 0 spiro atoms. The van der Waals surface area contributed by atoms with Crippen LogP contribution in [0.1, 0.15) is 0 Å². The fourth-order valence-electron chi connectivity index (χ4n) is 1.09. The summed E-state index contributed by atoms with van der Waals surface area (Å²) in [6.45, 7) is 0. The minimum Gasteiger partial charge on any atom is -0.370 e. The van der Waals surface area contributed by atoms with Gasteiger partial charge < -0.3 is 9.84 Å². The number of fused-ring (bicyclic) bond motifs is 1. The van der Waals surface area contributed by atoms with Gasteiger partial charge in [0.05, 0.1) is 5.39 Å². The number of nitrogens with one attached hydrogen (secondary N) is 1. The van der Waals surface area contributed by atoms with E-state index in [0.29, 0.717) is 0 Å². The predicted octanol–water partition coefficient (Wildman–Crippen LogP) is 2.63. The standard InChI is InChI=1S/C8H7BrN2O/c1-10-8-6-4-5(9)2-3-7(6)12-11-8/h2-4H,1H3,(H,10,11). The van der Waals surface area contributed by atoms with Crippen molar-refractivity contribution < 1.29 is 4.52 Å². The lowest BCUT2D eigenvalue weighted by Crippen LogP contribution is -1.86. The van der Waals surface area contributed by atoms with Crippen molar-refractivity contribution in [2.75, 3.05) is 12.4 Å². The number of aromatic nitrogens is 1. The van der Waals surface area contributed by atoms with Crippen LogP contribution in [0.4, 0.5) is 5.82 Å². The first-order valence-electron chi connectivity index (χ1n) is 3.54. The Morgan fingerprint density at radius 1 is 1.50 bits per heavy atom. The summed E-state index contributed by atoms with van der Waals surface area (Å²) in [5.41, 5.74) is 0.794. The molecule has 2 rings (SSSR count). The maximum absolute atomic E-state index is 5.06. The van der Waals surface area contributed by atoms with Crippen molar-refractivity contribution in [3.05, 3.63) is 22.7 Å². The Kier molecular flexibility index (Phi) is 1.77. The summed E-state index contributed by atoms with van der Waals surface area (Å²) in [5, 5.41) is 7.79. The summed E-state index contributed by atoms with van der Waals surface area (Å²) in [4.78, 5) is 0. The Morgan fingerprint density at radius 2 is 2.33 bits per heavy atom. The van der Waals surface area contributed by atoms with Crippen molar-refractivity contribution in [2.45, 2.75) is 0 Å². The first-order chi connectivity index (χ1) is 5.81. The van der Waals surface area contributed by atoms with Gasteiger partial charge in [-0.05, 0) is 18.2 Å². The van der Waals surface area contributed by atoms with E-state index in [1.54, 1.807) is 0 Å². The molecule has 0 radical (unpaired) electrons. The van der Waals surface area contributed by atoms with Gasteiger partial charge in [-0.2, -0.15) is 0 Å². The monoisotopic (exact) mass is 226 g/mol. The minimum atomic E-state index is 0.770. The molecule has 0 aliphatic carbocycles. The van der Waals surface area contributed by atoms with Crippen LogP contribution in [0, 0.1) is 0 Å². The van der Waals surface area contributed by atoms with E-state index in [1.807, 2.05) is 25.2 Å². The molecule has 0 aliphatic rings. The summed E-state index contributed by atoms with van der Waals surface area (Å²) in [7, 11) is 1.82. The van der Waals surface area contributed by atoms with Gasteiger partial charge in [-0.3, -0.25) is 0 Å². The van der Waals surface area contributed by atoms with Crippen LogP contribution in [0.15, 0.2) is 27.2 Å². The van der Waals surface area contributed by atoms with Gasteiger partial charge in [0.1, 0.15) is 0 Å². The number of anilines is 1. The Bertz CT molecular complexity index is 410. The summed E-state index contributed by atoms with van der Waals surface area (Å²) in [5.74, 6) is 0.770. The lowest BCUT2D eigenvalue weighted by molar-refractivity contribution is 0.460. The van der Waals surface area contributed by atoms with Crippen molar-refractivity contribution in [3.8, 4) is 0 Å². The lowest BCUT2D eigenvalue weighted by atomic mass is 10.2. The molecule has 0 unspecified atom stereocenters. The molecule has 2 aromatic rings. The predicted molar refractivity (Wildman–Crippen MR) is 51.3 cm³/mol. The number of hydrogen-bond acceptors (Lipinski definition) is 3. The van der Waals surface area contributed by atoms with E-state index in [2.05, 4.69) is 26.4 Å². The minimum absolute atomic E-state index is 0.770. The fraction of sp³-hybridized carbons (Fsp3) is 0.125. The van der Waals surface area contributed by atoms with E-state index in [0.717, 1.165) is 21.3 Å². The van der Waals surface area contributed by atoms with Crippen molar-refractivity contribution in [1.82, 2.24) is 5.16 Å². The SMILES string of the molecule is CNc1noc2ccc(Br)cc12. The third-order valence-corrected chi connectivity index (χ3v) is 2.16. The third kappa shape index (κ3) is 1.08. The van der Waals surface area contributed by atoms with Gasteiger partial charge >= 0.3 is 0 Å². The first-order valence-corrected chi connectivity index (χ1v) is 4.33. The molecule has 3 nitrogen and oxygen atoms in total. The largest absolute Gasteiger partial charge is 0.370 e. The lowest BCUT2D eigenvalue weighted by Gasteiger charge is -1.92. The summed E-state index contributed by atoms with van der Waals surface area (Å²) >= 11 is 3.38. The summed E-state index contributed by atoms with van der Waals surface area (Å²) in [6, 6.07) is 5.78. The molecular weight excluding hydrogens is 220 g/mol. The zero-order valence-electron chi connectivity index (χ0n) is 6.47. The fourth-order valence-corrected chi connectivity index (χ4v) is 1.45. The number of halogens is 1. The van der Waals surface area contributed by atoms with Crippen LogP contribution in [0.5, 0.6) is 0 Å². The molecular formula is C8H7BrN2O. The van der Waals surface area contributed by atoms with E-state index < -0.39 is 0 Å². The van der Waals surface area contributed by atoms with Gasteiger partial charge in [0.2, 0.25) is 0 Å². The molecule has 62 valence electrons. The highest BCUT2D eigenvalue weighted by atomic mass is 79.9. The van der Waals surface area contributed by atoms with Crippen LogP contribution in [0.2, 0.25) is 0 Å². The van der Waals surface area contributed by atoms with Gasteiger partial charge in [-0.25, -0.2) is 0 Å². The number of hydrogen-bond donors (Lipinski definition) is 1. The van der Waals surface area contributed by atoms with Crippen LogP contribution in [-0.4, -0.2) is 12.2 Å². The van der Waals surface area contributed by atoms with Gasteiger partial charge in [-0.15, -0.1) is 0 Å². The molecule has 0 aliphatic heterocycles. The highest BCUT2D eigenvalue weighted by Gasteiger charge is 2.05. The molecule has 1 aromatic carbocycles. The highest BCUT2D eigenvalue weighted by Crippen LogP contribution is 2.25. The molecule has 0 saturated heterocycles. The van der Waals surface area contributed by atoms with E-state index in [4.69, 9.17) is 4.52 Å². The first kappa shape index (κ1) is 7.61. The summed E-state index contributed by atoms with van der Waals surface area (Å²) in [6.07, 6.45) is 0. The van der Waals surface area contributed by atoms with E-state index in [1.165, 1.54) is 0 Å². The van der Waals surface area contributed by atoms with E-state index in [-0.39, 0.29) is 0 Å². The van der Waals surface area contributed by atoms with Crippen LogP contribution in [0.3, 0.4) is 0 Å². The van der Waals surface area contributed by atoms with Crippen LogP contribution in [-0.2, 0) is 0 Å². The molecule has 12 heavy (non-hydrogen) atoms. The molecule has 0 amide bonds. The van der Waals surface area contributed by atoms with Crippen LogP contribution in [0.25, 0.3) is 11.0 Å². The Labute approximate surface area is 77.9 Å². The molecule has 1 N–H and O–H groups in total. The van der Waals surface area contributed by atoms with E-state index >= 15 is 0 Å². The van der Waals surface area contributed by atoms with Gasteiger partial charge in [0, 0.05) is 11.5 Å². The average molecular weight is 227 g/mol. The van der Waals surface area contributed by atoms with Crippen molar-refractivity contribution in [1.29, 1.82) is 0 Å². The van der Waals surface area contributed by atoms with E-state index in [9.17, 15) is 0 Å². The molecule has 4 heteroatoms. The molecule has 1 heterocycles. The maximum Gasteiger partial charge on any atom is 0.177 e. The zero-order valence-corrected chi connectivity index (χ0v) is 8.05. The molecule has 0 fully saturated rings. The van der Waals surface area contributed by atoms with Gasteiger partial charge in [0.15, 0.2) is 11.4 Å². The van der Waals surface area contributed by atoms with Gasteiger partial charge in [-0.1, -0.05) is 21.1 Å². The second-order valence-corrected chi connectivity index (χ2v) is 3.34. The normalized spacial score (nSPS) is 10.5.